The smallest absolute Gasteiger partial charge is 0.361 e. The van der Waals surface area contributed by atoms with Gasteiger partial charge in [-0.25, -0.2) is 13.1 Å². The van der Waals surface area contributed by atoms with Gasteiger partial charge >= 0.3 is 6.18 Å². The fourth-order valence-corrected chi connectivity index (χ4v) is 2.69. The number of sulfonamides is 1. The second-order valence-corrected chi connectivity index (χ2v) is 6.14. The molecule has 2 rings (SSSR count). The highest BCUT2D eigenvalue weighted by Crippen LogP contribution is 2.29. The molecule has 116 valence electrons. The third-order valence-electron chi connectivity index (χ3n) is 2.89. The van der Waals surface area contributed by atoms with E-state index >= 15 is 0 Å². The lowest BCUT2D eigenvalue weighted by atomic mass is 10.2. The first-order valence-corrected chi connectivity index (χ1v) is 7.26. The summed E-state index contributed by atoms with van der Waals surface area (Å²) in [6.45, 7) is 3.13. The van der Waals surface area contributed by atoms with Crippen LogP contribution in [0.1, 0.15) is 22.7 Å². The second kappa shape index (κ2) is 5.19. The molecule has 2 heterocycles. The van der Waals surface area contributed by atoms with E-state index in [0.29, 0.717) is 23.1 Å². The molecule has 0 aliphatic rings. The highest BCUT2D eigenvalue weighted by Gasteiger charge is 2.33. The Bertz CT molecular complexity index is 727. The van der Waals surface area contributed by atoms with Gasteiger partial charge in [-0.15, -0.1) is 0 Å². The van der Waals surface area contributed by atoms with Crippen molar-refractivity contribution in [2.24, 2.45) is 0 Å². The van der Waals surface area contributed by atoms with Crippen LogP contribution >= 0.6 is 0 Å². The number of nitrogens with one attached hydrogen (secondary N) is 2. The van der Waals surface area contributed by atoms with Crippen molar-refractivity contribution in [1.29, 1.82) is 0 Å². The Hall–Kier alpha value is -1.81. The molecule has 2 N–H and O–H groups in total. The lowest BCUT2D eigenvalue weighted by Gasteiger charge is -2.04. The van der Waals surface area contributed by atoms with Crippen molar-refractivity contribution >= 4 is 10.0 Å². The summed E-state index contributed by atoms with van der Waals surface area (Å²) in [6.07, 6.45) is -3.84. The van der Waals surface area contributed by atoms with E-state index in [-0.39, 0.29) is 6.54 Å². The van der Waals surface area contributed by atoms with Crippen LogP contribution in [0, 0.1) is 13.8 Å². The normalized spacial score (nSPS) is 12.8. The largest absolute Gasteiger partial charge is 0.431 e. The Morgan fingerprint density at radius 3 is 2.52 bits per heavy atom. The van der Waals surface area contributed by atoms with Crippen molar-refractivity contribution in [2.45, 2.75) is 31.5 Å². The SMILES string of the molecule is Cc1noc(C)c1CNS(=O)(=O)c1c[nH]c(C(F)(F)F)c1. The second-order valence-electron chi connectivity index (χ2n) is 4.37. The van der Waals surface area contributed by atoms with Gasteiger partial charge in [-0.1, -0.05) is 5.16 Å². The standard InChI is InChI=1S/C11H12F3N3O3S/c1-6-9(7(2)20-17-6)5-16-21(18,19)8-3-10(15-4-8)11(12,13)14/h3-4,15-16H,5H2,1-2H3. The number of alkyl halides is 3. The van der Waals surface area contributed by atoms with Gasteiger partial charge in [-0.2, -0.15) is 13.2 Å². The van der Waals surface area contributed by atoms with E-state index < -0.39 is 26.8 Å². The number of aryl methyl sites for hydroxylation is 2. The molecule has 0 bridgehead atoms. The van der Waals surface area contributed by atoms with E-state index in [2.05, 4.69) is 9.88 Å². The first-order chi connectivity index (χ1) is 9.61. The number of nitrogens with zero attached hydrogens (tertiary/aromatic N) is 1. The fourth-order valence-electron chi connectivity index (χ4n) is 1.70. The number of rotatable bonds is 4. The van der Waals surface area contributed by atoms with Crippen LogP contribution in [0.4, 0.5) is 13.2 Å². The molecule has 0 radical (unpaired) electrons. The van der Waals surface area contributed by atoms with Crippen molar-refractivity contribution in [3.63, 3.8) is 0 Å². The van der Waals surface area contributed by atoms with Gasteiger partial charge in [0.15, 0.2) is 0 Å². The molecule has 6 nitrogen and oxygen atoms in total. The van der Waals surface area contributed by atoms with Crippen LogP contribution in [-0.2, 0) is 22.7 Å². The highest BCUT2D eigenvalue weighted by atomic mass is 32.2. The Morgan fingerprint density at radius 2 is 2.05 bits per heavy atom. The Kier molecular flexibility index (Phi) is 3.85. The first kappa shape index (κ1) is 15.6. The lowest BCUT2D eigenvalue weighted by Crippen LogP contribution is -2.23. The van der Waals surface area contributed by atoms with Crippen molar-refractivity contribution in [2.75, 3.05) is 0 Å². The maximum absolute atomic E-state index is 12.4. The topological polar surface area (TPSA) is 88.0 Å². The molecule has 0 unspecified atom stereocenters. The number of H-pyrrole nitrogens is 1. The van der Waals surface area contributed by atoms with E-state index in [4.69, 9.17) is 4.52 Å². The first-order valence-electron chi connectivity index (χ1n) is 5.78. The van der Waals surface area contributed by atoms with Crippen LogP contribution in [0.15, 0.2) is 21.7 Å². The lowest BCUT2D eigenvalue weighted by molar-refractivity contribution is -0.140. The number of hydrogen-bond donors (Lipinski definition) is 2. The van der Waals surface area contributed by atoms with E-state index in [0.717, 1.165) is 6.20 Å². The maximum Gasteiger partial charge on any atom is 0.431 e. The summed E-state index contributed by atoms with van der Waals surface area (Å²) in [5.74, 6) is 0.445. The number of aromatic amines is 1. The predicted molar refractivity (Wildman–Crippen MR) is 65.8 cm³/mol. The van der Waals surface area contributed by atoms with Gasteiger partial charge in [0.1, 0.15) is 16.3 Å². The minimum atomic E-state index is -4.63. The van der Waals surface area contributed by atoms with Gasteiger partial charge in [-0.3, -0.25) is 0 Å². The third kappa shape index (κ3) is 3.27. The quantitative estimate of drug-likeness (QED) is 0.902. The van der Waals surface area contributed by atoms with E-state index in [1.54, 1.807) is 13.8 Å². The summed E-state index contributed by atoms with van der Waals surface area (Å²) in [5, 5.41) is 3.66. The van der Waals surface area contributed by atoms with E-state index in [9.17, 15) is 21.6 Å². The van der Waals surface area contributed by atoms with Gasteiger partial charge in [-0.05, 0) is 19.9 Å². The van der Waals surface area contributed by atoms with E-state index in [1.165, 1.54) is 0 Å². The fraction of sp³-hybridized carbons (Fsp3) is 0.364. The van der Waals surface area contributed by atoms with Crippen LogP contribution < -0.4 is 4.72 Å². The summed E-state index contributed by atoms with van der Waals surface area (Å²) in [7, 11) is -4.06. The zero-order valence-electron chi connectivity index (χ0n) is 11.1. The Morgan fingerprint density at radius 1 is 1.38 bits per heavy atom. The molecule has 0 spiro atoms. The Labute approximate surface area is 118 Å². The van der Waals surface area contributed by atoms with Gasteiger partial charge in [0.25, 0.3) is 0 Å². The molecule has 0 aliphatic heterocycles. The summed E-state index contributed by atoms with van der Waals surface area (Å²) in [5.41, 5.74) is -0.0642. The van der Waals surface area contributed by atoms with E-state index in [1.807, 2.05) is 4.98 Å². The zero-order valence-corrected chi connectivity index (χ0v) is 11.9. The molecule has 10 heteroatoms. The van der Waals surface area contributed by atoms with Crippen LogP contribution in [0.5, 0.6) is 0 Å². The maximum atomic E-state index is 12.4. The van der Waals surface area contributed by atoms with Crippen LogP contribution in [0.2, 0.25) is 0 Å². The zero-order chi connectivity index (χ0) is 15.8. The number of halogens is 3. The third-order valence-corrected chi connectivity index (χ3v) is 4.27. The molecule has 0 amide bonds. The molecule has 0 aromatic carbocycles. The summed E-state index contributed by atoms with van der Waals surface area (Å²) >= 11 is 0. The van der Waals surface area contributed by atoms with Crippen molar-refractivity contribution in [3.8, 4) is 0 Å². The molecular weight excluding hydrogens is 311 g/mol. The number of hydrogen-bond acceptors (Lipinski definition) is 4. The molecule has 0 saturated carbocycles. The minimum Gasteiger partial charge on any atom is -0.361 e. The summed E-state index contributed by atoms with van der Waals surface area (Å²) < 4.78 is 68.3. The highest BCUT2D eigenvalue weighted by molar-refractivity contribution is 7.89. The van der Waals surface area contributed by atoms with Crippen molar-refractivity contribution < 1.29 is 26.1 Å². The van der Waals surface area contributed by atoms with Crippen molar-refractivity contribution in [1.82, 2.24) is 14.9 Å². The van der Waals surface area contributed by atoms with Crippen LogP contribution in [-0.4, -0.2) is 18.6 Å². The van der Waals surface area contributed by atoms with Crippen LogP contribution in [0.25, 0.3) is 0 Å². The number of aromatic nitrogens is 2. The molecular formula is C11H12F3N3O3S. The van der Waals surface area contributed by atoms with Crippen LogP contribution in [0.3, 0.4) is 0 Å². The molecule has 21 heavy (non-hydrogen) atoms. The van der Waals surface area contributed by atoms with Gasteiger partial charge in [0.05, 0.1) is 5.69 Å². The summed E-state index contributed by atoms with van der Waals surface area (Å²) in [6, 6.07) is 0.537. The van der Waals surface area contributed by atoms with Gasteiger partial charge in [0, 0.05) is 18.3 Å². The predicted octanol–water partition coefficient (Wildman–Crippen LogP) is 2.12. The molecule has 0 aliphatic carbocycles. The average molecular weight is 323 g/mol. The molecule has 0 fully saturated rings. The summed E-state index contributed by atoms with van der Waals surface area (Å²) in [4.78, 5) is 1.41. The van der Waals surface area contributed by atoms with Gasteiger partial charge < -0.3 is 9.51 Å². The average Bonchev–Trinajstić information content (AvgIpc) is 2.95. The molecule has 0 atom stereocenters. The molecule has 0 saturated heterocycles. The molecule has 2 aromatic heterocycles. The monoisotopic (exact) mass is 323 g/mol. The van der Waals surface area contributed by atoms with Gasteiger partial charge in [0.2, 0.25) is 10.0 Å². The Balaban J connectivity index is 2.18. The minimum absolute atomic E-state index is 0.115. The van der Waals surface area contributed by atoms with Crippen molar-refractivity contribution in [3.05, 3.63) is 35.0 Å². The molecule has 2 aromatic rings.